The second kappa shape index (κ2) is 12.7. The number of likely N-dealkylation sites (tertiary alicyclic amines) is 1. The first-order valence-corrected chi connectivity index (χ1v) is 13.9. The van der Waals surface area contributed by atoms with Crippen molar-refractivity contribution >= 4 is 28.8 Å². The van der Waals surface area contributed by atoms with E-state index < -0.39 is 12.1 Å². The summed E-state index contributed by atoms with van der Waals surface area (Å²) in [6.45, 7) is 12.3. The minimum atomic E-state index is -0.858. The number of aromatic amines is 1. The number of nitrogens with one attached hydrogen (secondary N) is 3. The first kappa shape index (κ1) is 29.6. The van der Waals surface area contributed by atoms with E-state index in [0.717, 1.165) is 36.1 Å². The van der Waals surface area contributed by atoms with Gasteiger partial charge in [-0.05, 0) is 63.6 Å². The average Bonchev–Trinajstić information content (AvgIpc) is 3.45. The number of fused-ring (bicyclic) bond motifs is 1. The number of carbonyl (C=O) groups excluding carboxylic acids is 3. The van der Waals surface area contributed by atoms with Crippen molar-refractivity contribution in [2.45, 2.75) is 91.4 Å². The van der Waals surface area contributed by atoms with E-state index in [1.165, 1.54) is 5.56 Å². The number of carbonyl (C=O) groups is 3. The first-order valence-electron chi connectivity index (χ1n) is 13.9. The molecule has 0 spiro atoms. The Labute approximate surface area is 227 Å². The molecule has 2 aromatic rings. The lowest BCUT2D eigenvalue weighted by Gasteiger charge is -2.33. The number of amides is 3. The topological polar surface area (TPSA) is 110 Å². The van der Waals surface area contributed by atoms with Gasteiger partial charge in [0.15, 0.2) is 0 Å². The second-order valence-electron chi connectivity index (χ2n) is 11.7. The highest BCUT2D eigenvalue weighted by atomic mass is 16.2. The fourth-order valence-corrected chi connectivity index (χ4v) is 5.17. The largest absolute Gasteiger partial charge is 0.343 e. The van der Waals surface area contributed by atoms with Crippen LogP contribution in [0.3, 0.4) is 0 Å². The molecule has 2 heterocycles. The molecule has 3 amide bonds. The monoisotopic (exact) mass is 526 g/mol. The van der Waals surface area contributed by atoms with Gasteiger partial charge in [-0.2, -0.15) is 0 Å². The second-order valence-corrected chi connectivity index (χ2v) is 11.7. The summed E-state index contributed by atoms with van der Waals surface area (Å²) in [5, 5.41) is 5.84. The quantitative estimate of drug-likeness (QED) is 0.416. The number of imidazole rings is 1. The highest BCUT2D eigenvalue weighted by Gasteiger charge is 2.41. The van der Waals surface area contributed by atoms with Crippen LogP contribution < -0.4 is 10.6 Å². The van der Waals surface area contributed by atoms with E-state index in [1.54, 1.807) is 25.9 Å². The van der Waals surface area contributed by atoms with E-state index >= 15 is 0 Å². The highest BCUT2D eigenvalue weighted by Crippen LogP contribution is 2.36. The normalized spacial score (nSPS) is 19.3. The predicted molar refractivity (Wildman–Crippen MR) is 150 cm³/mol. The third kappa shape index (κ3) is 6.92. The van der Waals surface area contributed by atoms with E-state index in [2.05, 4.69) is 35.5 Å². The molecule has 0 aliphatic carbocycles. The van der Waals surface area contributed by atoms with Crippen molar-refractivity contribution in [3.63, 3.8) is 0 Å². The molecule has 9 nitrogen and oxygen atoms in total. The van der Waals surface area contributed by atoms with Crippen LogP contribution in [-0.2, 0) is 20.8 Å². The van der Waals surface area contributed by atoms with Gasteiger partial charge in [0.2, 0.25) is 17.7 Å². The van der Waals surface area contributed by atoms with E-state index in [4.69, 9.17) is 4.98 Å². The van der Waals surface area contributed by atoms with Crippen molar-refractivity contribution in [1.82, 2.24) is 30.4 Å². The Morgan fingerprint density at radius 2 is 1.84 bits per heavy atom. The lowest BCUT2D eigenvalue weighted by atomic mass is 10.0. The van der Waals surface area contributed by atoms with Crippen LogP contribution >= 0.6 is 0 Å². The summed E-state index contributed by atoms with van der Waals surface area (Å²) in [7, 11) is 3.39. The SMILES string of the molecule is CN[C@@H](C)C(=O)N[C@@H](CN(C)C(=O)CC(C)C)C(=O)N1C(C)CC[C@H]1c1nc2c(CC(C)C)cccc2[nH]1. The summed E-state index contributed by atoms with van der Waals surface area (Å²) in [4.78, 5) is 51.6. The summed E-state index contributed by atoms with van der Waals surface area (Å²) in [5.41, 5.74) is 3.12. The van der Waals surface area contributed by atoms with Crippen LogP contribution in [0.4, 0.5) is 0 Å². The maximum atomic E-state index is 14.1. The number of likely N-dealkylation sites (N-methyl/N-ethyl adjacent to an activating group) is 2. The average molecular weight is 527 g/mol. The summed E-state index contributed by atoms with van der Waals surface area (Å²) < 4.78 is 0. The molecule has 1 aliphatic heterocycles. The molecule has 1 aromatic carbocycles. The number of nitrogens with zero attached hydrogens (tertiary/aromatic N) is 3. The molecule has 0 radical (unpaired) electrons. The lowest BCUT2D eigenvalue weighted by molar-refractivity contribution is -0.141. The zero-order valence-corrected chi connectivity index (χ0v) is 24.3. The zero-order chi connectivity index (χ0) is 28.1. The van der Waals surface area contributed by atoms with Crippen molar-refractivity contribution < 1.29 is 14.4 Å². The van der Waals surface area contributed by atoms with Gasteiger partial charge in [-0.3, -0.25) is 14.4 Å². The van der Waals surface area contributed by atoms with Crippen LogP contribution in [-0.4, -0.2) is 76.3 Å². The number of rotatable bonds is 11. The molecule has 1 aliphatic rings. The number of hydrogen-bond acceptors (Lipinski definition) is 5. The Balaban J connectivity index is 1.91. The Bertz CT molecular complexity index is 1130. The fraction of sp³-hybridized carbons (Fsp3) is 0.655. The Morgan fingerprint density at radius 3 is 2.47 bits per heavy atom. The number of para-hydroxylation sites is 1. The Hall–Kier alpha value is -2.94. The number of aromatic nitrogens is 2. The molecule has 4 atom stereocenters. The molecule has 1 fully saturated rings. The van der Waals surface area contributed by atoms with Crippen LogP contribution in [0.1, 0.15) is 78.2 Å². The number of H-pyrrole nitrogens is 1. The van der Waals surface area contributed by atoms with Crippen LogP contribution in [0, 0.1) is 11.8 Å². The molecule has 3 N–H and O–H groups in total. The van der Waals surface area contributed by atoms with Gasteiger partial charge in [-0.1, -0.05) is 39.8 Å². The van der Waals surface area contributed by atoms with Crippen LogP contribution in [0.5, 0.6) is 0 Å². The van der Waals surface area contributed by atoms with Crippen LogP contribution in [0.25, 0.3) is 11.0 Å². The number of hydrogen-bond donors (Lipinski definition) is 3. The molecule has 210 valence electrons. The molecule has 0 saturated carbocycles. The van der Waals surface area contributed by atoms with Gasteiger partial charge in [-0.15, -0.1) is 0 Å². The maximum absolute atomic E-state index is 14.1. The molecular formula is C29H46N6O3. The first-order chi connectivity index (χ1) is 17.9. The van der Waals surface area contributed by atoms with Gasteiger partial charge >= 0.3 is 0 Å². The van der Waals surface area contributed by atoms with Crippen molar-refractivity contribution in [1.29, 1.82) is 0 Å². The summed E-state index contributed by atoms with van der Waals surface area (Å²) in [6.07, 6.45) is 2.93. The smallest absolute Gasteiger partial charge is 0.247 e. The zero-order valence-electron chi connectivity index (χ0n) is 24.3. The van der Waals surface area contributed by atoms with Crippen molar-refractivity contribution in [2.24, 2.45) is 11.8 Å². The van der Waals surface area contributed by atoms with Gasteiger partial charge < -0.3 is 25.4 Å². The fourth-order valence-electron chi connectivity index (χ4n) is 5.17. The minimum absolute atomic E-state index is 0.0198. The van der Waals surface area contributed by atoms with Gasteiger partial charge in [-0.25, -0.2) is 4.98 Å². The molecular weight excluding hydrogens is 480 g/mol. The van der Waals surface area contributed by atoms with E-state index in [0.29, 0.717) is 12.3 Å². The van der Waals surface area contributed by atoms with Crippen LogP contribution in [0.15, 0.2) is 18.2 Å². The minimum Gasteiger partial charge on any atom is -0.343 e. The Kier molecular flexibility index (Phi) is 9.93. The predicted octanol–water partition coefficient (Wildman–Crippen LogP) is 3.41. The molecule has 1 unspecified atom stereocenters. The molecule has 9 heteroatoms. The van der Waals surface area contributed by atoms with Crippen molar-refractivity contribution in [2.75, 3.05) is 20.6 Å². The Morgan fingerprint density at radius 1 is 1.13 bits per heavy atom. The standard InChI is InChI=1S/C29H46N6O3/c1-17(2)14-21-10-9-11-22-26(21)33-27(31-22)24-13-12-19(5)35(24)29(38)23(32-28(37)20(6)30-7)16-34(8)25(36)15-18(3)4/h9-11,17-20,23-24,30H,12-16H2,1-8H3,(H,31,33)(H,32,37)/t19?,20-,23-,24-/m0/s1. The van der Waals surface area contributed by atoms with Gasteiger partial charge in [0.1, 0.15) is 11.9 Å². The molecule has 0 bridgehead atoms. The van der Waals surface area contributed by atoms with Gasteiger partial charge in [0, 0.05) is 26.1 Å². The summed E-state index contributed by atoms with van der Waals surface area (Å²) >= 11 is 0. The maximum Gasteiger partial charge on any atom is 0.247 e. The van der Waals surface area contributed by atoms with Gasteiger partial charge in [0.25, 0.3) is 0 Å². The molecule has 1 aromatic heterocycles. The van der Waals surface area contributed by atoms with E-state index in [1.807, 2.05) is 37.8 Å². The van der Waals surface area contributed by atoms with Gasteiger partial charge in [0.05, 0.1) is 23.1 Å². The van der Waals surface area contributed by atoms with E-state index in [-0.39, 0.29) is 42.3 Å². The molecule has 3 rings (SSSR count). The van der Waals surface area contributed by atoms with Crippen molar-refractivity contribution in [3.8, 4) is 0 Å². The van der Waals surface area contributed by atoms with E-state index in [9.17, 15) is 14.4 Å². The molecule has 38 heavy (non-hydrogen) atoms. The number of benzene rings is 1. The highest BCUT2D eigenvalue weighted by molar-refractivity contribution is 5.91. The summed E-state index contributed by atoms with van der Waals surface area (Å²) in [5.74, 6) is 0.964. The lowest BCUT2D eigenvalue weighted by Crippen LogP contribution is -2.57. The third-order valence-corrected chi connectivity index (χ3v) is 7.39. The summed E-state index contributed by atoms with van der Waals surface area (Å²) in [6, 6.07) is 4.61. The van der Waals surface area contributed by atoms with Crippen LogP contribution in [0.2, 0.25) is 0 Å². The molecule has 1 saturated heterocycles. The van der Waals surface area contributed by atoms with Crippen molar-refractivity contribution in [3.05, 3.63) is 29.6 Å². The third-order valence-electron chi connectivity index (χ3n) is 7.39.